The fourth-order valence-corrected chi connectivity index (χ4v) is 3.29. The van der Waals surface area contributed by atoms with Crippen LogP contribution < -0.4 is 10.6 Å². The van der Waals surface area contributed by atoms with Crippen LogP contribution in [0.3, 0.4) is 0 Å². The highest BCUT2D eigenvalue weighted by Gasteiger charge is 2.39. The molecule has 0 aromatic heterocycles. The van der Waals surface area contributed by atoms with Crippen molar-refractivity contribution >= 4 is 29.1 Å². The van der Waals surface area contributed by atoms with Crippen molar-refractivity contribution in [3.63, 3.8) is 0 Å². The predicted octanol–water partition coefficient (Wildman–Crippen LogP) is 1.91. The van der Waals surface area contributed by atoms with Crippen molar-refractivity contribution in [2.45, 2.75) is 24.5 Å². The molecular weight excluding hydrogens is 327 g/mol. The van der Waals surface area contributed by atoms with E-state index in [9.17, 15) is 9.90 Å². The summed E-state index contributed by atoms with van der Waals surface area (Å²) in [5.41, 5.74) is -0.419. The van der Waals surface area contributed by atoms with Crippen molar-refractivity contribution in [2.24, 2.45) is 0 Å². The summed E-state index contributed by atoms with van der Waals surface area (Å²) in [7, 11) is 1.53. The minimum atomic E-state index is -0.972. The van der Waals surface area contributed by atoms with Gasteiger partial charge < -0.3 is 20.5 Å². The summed E-state index contributed by atoms with van der Waals surface area (Å²) >= 11 is 12.1. The van der Waals surface area contributed by atoms with Crippen molar-refractivity contribution in [2.75, 3.05) is 26.7 Å². The maximum absolute atomic E-state index is 12.4. The third-order valence-corrected chi connectivity index (χ3v) is 4.66. The van der Waals surface area contributed by atoms with E-state index in [0.717, 1.165) is 13.1 Å². The minimum Gasteiger partial charge on any atom is -0.386 e. The number of aliphatic hydroxyl groups excluding tert-OH is 1. The first-order valence-corrected chi connectivity index (χ1v) is 7.92. The molecule has 0 spiro atoms. The first kappa shape index (κ1) is 17.5. The Morgan fingerprint density at radius 3 is 2.55 bits per heavy atom. The quantitative estimate of drug-likeness (QED) is 0.761. The molecule has 1 fully saturated rings. The fourth-order valence-electron chi connectivity index (χ4n) is 2.64. The molecule has 2 rings (SSSR count). The lowest BCUT2D eigenvalue weighted by atomic mass is 9.91. The Labute approximate surface area is 139 Å². The SMILES string of the molecule is COC1(C(=O)NCC(O)c2c(Cl)cccc2Cl)CCNCC1. The van der Waals surface area contributed by atoms with E-state index in [1.54, 1.807) is 18.2 Å². The average molecular weight is 347 g/mol. The van der Waals surface area contributed by atoms with Crippen molar-refractivity contribution in [1.82, 2.24) is 10.6 Å². The third-order valence-electron chi connectivity index (χ3n) is 4.00. The van der Waals surface area contributed by atoms with E-state index in [1.807, 2.05) is 0 Å². The molecular formula is C15H20Cl2N2O3. The molecule has 0 saturated carbocycles. The molecule has 1 amide bonds. The number of benzene rings is 1. The number of carbonyl (C=O) groups is 1. The molecule has 1 atom stereocenters. The van der Waals surface area contributed by atoms with Gasteiger partial charge in [-0.2, -0.15) is 0 Å². The molecule has 1 aromatic carbocycles. The van der Waals surface area contributed by atoms with Gasteiger partial charge in [0, 0.05) is 29.3 Å². The van der Waals surface area contributed by atoms with Crippen LogP contribution in [0.1, 0.15) is 24.5 Å². The molecule has 22 heavy (non-hydrogen) atoms. The van der Waals surface area contributed by atoms with Gasteiger partial charge in [-0.3, -0.25) is 4.79 Å². The van der Waals surface area contributed by atoms with Crippen molar-refractivity contribution in [3.8, 4) is 0 Å². The number of carbonyl (C=O) groups excluding carboxylic acids is 1. The highest BCUT2D eigenvalue weighted by atomic mass is 35.5. The topological polar surface area (TPSA) is 70.6 Å². The van der Waals surface area contributed by atoms with Crippen molar-refractivity contribution in [3.05, 3.63) is 33.8 Å². The molecule has 122 valence electrons. The number of hydrogen-bond donors (Lipinski definition) is 3. The largest absolute Gasteiger partial charge is 0.386 e. The zero-order valence-electron chi connectivity index (χ0n) is 12.4. The second kappa shape index (κ2) is 7.62. The van der Waals surface area contributed by atoms with Gasteiger partial charge in [-0.05, 0) is 38.1 Å². The van der Waals surface area contributed by atoms with Crippen molar-refractivity contribution < 1.29 is 14.6 Å². The van der Waals surface area contributed by atoms with Gasteiger partial charge in [0.2, 0.25) is 0 Å². The smallest absolute Gasteiger partial charge is 0.252 e. The normalized spacial score (nSPS) is 18.7. The van der Waals surface area contributed by atoms with Crippen molar-refractivity contribution in [1.29, 1.82) is 0 Å². The van der Waals surface area contributed by atoms with E-state index in [-0.39, 0.29) is 12.5 Å². The predicted molar refractivity (Wildman–Crippen MR) is 86.3 cm³/mol. The zero-order valence-corrected chi connectivity index (χ0v) is 13.9. The Bertz CT molecular complexity index is 513. The number of nitrogens with one attached hydrogen (secondary N) is 2. The first-order valence-electron chi connectivity index (χ1n) is 7.16. The zero-order chi connectivity index (χ0) is 16.2. The molecule has 1 unspecified atom stereocenters. The van der Waals surface area contributed by atoms with Gasteiger partial charge in [-0.15, -0.1) is 0 Å². The Morgan fingerprint density at radius 1 is 1.41 bits per heavy atom. The van der Waals surface area contributed by atoms with E-state index >= 15 is 0 Å². The molecule has 1 aromatic rings. The van der Waals surface area contributed by atoms with Gasteiger partial charge in [-0.1, -0.05) is 29.3 Å². The Balaban J connectivity index is 2.01. The fraction of sp³-hybridized carbons (Fsp3) is 0.533. The Hall–Kier alpha value is -0.850. The monoisotopic (exact) mass is 346 g/mol. The average Bonchev–Trinajstić information content (AvgIpc) is 2.53. The van der Waals surface area contributed by atoms with Gasteiger partial charge in [0.05, 0.1) is 6.10 Å². The van der Waals surface area contributed by atoms with Crippen LogP contribution in [0, 0.1) is 0 Å². The second-order valence-electron chi connectivity index (χ2n) is 5.31. The second-order valence-corrected chi connectivity index (χ2v) is 6.12. The maximum atomic E-state index is 12.4. The van der Waals surface area contributed by atoms with E-state index in [0.29, 0.717) is 28.5 Å². The molecule has 3 N–H and O–H groups in total. The summed E-state index contributed by atoms with van der Waals surface area (Å²) in [6.07, 6.45) is 0.220. The van der Waals surface area contributed by atoms with Gasteiger partial charge in [0.25, 0.3) is 5.91 Å². The standard InChI is InChI=1S/C15H20Cl2N2O3/c1-22-15(5-7-18-8-6-15)14(21)19-9-12(20)13-10(16)3-2-4-11(13)17/h2-4,12,18,20H,5-9H2,1H3,(H,19,21). The van der Waals surface area contributed by atoms with Crippen LogP contribution in [-0.4, -0.2) is 43.4 Å². The number of piperidine rings is 1. The lowest BCUT2D eigenvalue weighted by Gasteiger charge is -2.35. The summed E-state index contributed by atoms with van der Waals surface area (Å²) in [5.74, 6) is -0.223. The van der Waals surface area contributed by atoms with Crippen LogP contribution >= 0.6 is 23.2 Å². The highest BCUT2D eigenvalue weighted by Crippen LogP contribution is 2.30. The van der Waals surface area contributed by atoms with E-state index in [4.69, 9.17) is 27.9 Å². The van der Waals surface area contributed by atoms with E-state index in [2.05, 4.69) is 10.6 Å². The lowest BCUT2D eigenvalue weighted by molar-refractivity contribution is -0.147. The molecule has 0 aliphatic carbocycles. The molecule has 0 radical (unpaired) electrons. The molecule has 0 bridgehead atoms. The number of halogens is 2. The number of amides is 1. The first-order chi connectivity index (χ1) is 10.5. The minimum absolute atomic E-state index is 0.0286. The summed E-state index contributed by atoms with van der Waals surface area (Å²) in [5, 5.41) is 16.9. The van der Waals surface area contributed by atoms with Crippen LogP contribution in [0.2, 0.25) is 10.0 Å². The lowest BCUT2D eigenvalue weighted by Crippen LogP contribution is -2.54. The van der Waals surface area contributed by atoms with Gasteiger partial charge >= 0.3 is 0 Å². The van der Waals surface area contributed by atoms with E-state index in [1.165, 1.54) is 7.11 Å². The number of methoxy groups -OCH3 is 1. The number of ether oxygens (including phenoxy) is 1. The molecule has 1 saturated heterocycles. The van der Waals surface area contributed by atoms with Crippen LogP contribution in [0.15, 0.2) is 18.2 Å². The molecule has 1 aliphatic heterocycles. The molecule has 7 heteroatoms. The maximum Gasteiger partial charge on any atom is 0.252 e. The van der Waals surface area contributed by atoms with Gasteiger partial charge in [-0.25, -0.2) is 0 Å². The summed E-state index contributed by atoms with van der Waals surface area (Å²) < 4.78 is 5.44. The Kier molecular flexibility index (Phi) is 6.06. The van der Waals surface area contributed by atoms with Gasteiger partial charge in [0.15, 0.2) is 0 Å². The molecule has 5 nitrogen and oxygen atoms in total. The Morgan fingerprint density at radius 2 is 2.00 bits per heavy atom. The summed E-state index contributed by atoms with van der Waals surface area (Å²) in [6, 6.07) is 5.00. The van der Waals surface area contributed by atoms with E-state index < -0.39 is 11.7 Å². The van der Waals surface area contributed by atoms with Crippen LogP contribution in [-0.2, 0) is 9.53 Å². The number of rotatable bonds is 5. The number of hydrogen-bond acceptors (Lipinski definition) is 4. The van der Waals surface area contributed by atoms with Crippen LogP contribution in [0.25, 0.3) is 0 Å². The molecule has 1 heterocycles. The number of aliphatic hydroxyl groups is 1. The van der Waals surface area contributed by atoms with Gasteiger partial charge in [0.1, 0.15) is 5.60 Å². The summed E-state index contributed by atoms with van der Waals surface area (Å²) in [4.78, 5) is 12.4. The van der Waals surface area contributed by atoms with Crippen LogP contribution in [0.5, 0.6) is 0 Å². The van der Waals surface area contributed by atoms with Crippen LogP contribution in [0.4, 0.5) is 0 Å². The highest BCUT2D eigenvalue weighted by molar-refractivity contribution is 6.36. The summed E-state index contributed by atoms with van der Waals surface area (Å²) in [6.45, 7) is 1.47. The molecule has 1 aliphatic rings. The third kappa shape index (κ3) is 3.73.